The number of aliphatic carboxylic acids is 1. The van der Waals surface area contributed by atoms with Crippen molar-refractivity contribution in [3.63, 3.8) is 0 Å². The monoisotopic (exact) mass is 475 g/mol. The number of nitrogens with two attached hydrogens (primary N) is 1. The van der Waals surface area contributed by atoms with Gasteiger partial charge in [-0.15, -0.1) is 0 Å². The lowest BCUT2D eigenvalue weighted by atomic mass is 9.46. The van der Waals surface area contributed by atoms with Crippen molar-refractivity contribution in [2.75, 3.05) is 0 Å². The number of hydrogen-bond acceptors (Lipinski definition) is 8. The lowest BCUT2D eigenvalue weighted by Crippen LogP contribution is -2.66. The van der Waals surface area contributed by atoms with Gasteiger partial charge in [0.2, 0.25) is 5.91 Å². The molecule has 3 unspecified atom stereocenters. The van der Waals surface area contributed by atoms with Crippen LogP contribution in [0.4, 0.5) is 0 Å². The molecule has 0 radical (unpaired) electrons. The third kappa shape index (κ3) is 3.39. The first kappa shape index (κ1) is 22.7. The number of nitrogens with zero attached hydrogens (tertiary/aromatic N) is 2. The van der Waals surface area contributed by atoms with E-state index >= 15 is 0 Å². The summed E-state index contributed by atoms with van der Waals surface area (Å²) in [6.45, 7) is 0. The van der Waals surface area contributed by atoms with Gasteiger partial charge >= 0.3 is 5.97 Å². The summed E-state index contributed by atoms with van der Waals surface area (Å²) < 4.78 is 12.0. The van der Waals surface area contributed by atoms with Gasteiger partial charge in [-0.05, 0) is 74.5 Å². The highest BCUT2D eigenvalue weighted by molar-refractivity contribution is 5.84. The number of hydrogen-bond donors (Lipinski definition) is 4. The number of rotatable bonds is 5. The van der Waals surface area contributed by atoms with Crippen LogP contribution in [0, 0.1) is 34.5 Å². The fourth-order valence-electron chi connectivity index (χ4n) is 8.46. The second-order valence-corrected chi connectivity index (χ2v) is 11.9. The zero-order valence-corrected chi connectivity index (χ0v) is 19.1. The maximum Gasteiger partial charge on any atom is 0.335 e. The quantitative estimate of drug-likeness (QED) is 0.431. The summed E-state index contributed by atoms with van der Waals surface area (Å²) in [5, 5.41) is 39.2. The zero-order chi connectivity index (χ0) is 24.0. The van der Waals surface area contributed by atoms with Crippen LogP contribution in [0.15, 0.2) is 0 Å². The molecule has 1 amide bonds. The number of nitriles is 1. The summed E-state index contributed by atoms with van der Waals surface area (Å²) in [4.78, 5) is 26.9. The van der Waals surface area contributed by atoms with Crippen molar-refractivity contribution < 1.29 is 34.4 Å². The van der Waals surface area contributed by atoms with Crippen LogP contribution in [0.2, 0.25) is 0 Å². The second-order valence-electron chi connectivity index (χ2n) is 11.9. The summed E-state index contributed by atoms with van der Waals surface area (Å²) in [5.74, 6) is -0.321. The number of carboxylic acids is 1. The normalized spacial score (nSPS) is 51.6. The van der Waals surface area contributed by atoms with E-state index in [1.807, 2.05) is 0 Å². The van der Waals surface area contributed by atoms with Crippen LogP contribution in [-0.4, -0.2) is 80.4 Å². The molecule has 10 heteroatoms. The highest BCUT2D eigenvalue weighted by Crippen LogP contribution is 2.64. The molecule has 7 aliphatic rings. The van der Waals surface area contributed by atoms with Crippen LogP contribution in [0.25, 0.3) is 0 Å². The Morgan fingerprint density at radius 3 is 2.47 bits per heavy atom. The molecule has 0 aromatic rings. The van der Waals surface area contributed by atoms with Crippen molar-refractivity contribution in [2.45, 2.75) is 106 Å². The summed E-state index contributed by atoms with van der Waals surface area (Å²) in [6, 6.07) is 1.34. The molecule has 186 valence electrons. The number of aliphatic hydroxyl groups excluding tert-OH is 2. The minimum Gasteiger partial charge on any atom is -0.479 e. The minimum absolute atomic E-state index is 0.0132. The van der Waals surface area contributed by atoms with Crippen molar-refractivity contribution in [3.8, 4) is 6.07 Å². The molecular weight excluding hydrogens is 442 g/mol. The van der Waals surface area contributed by atoms with Crippen LogP contribution in [0.5, 0.6) is 0 Å². The first-order chi connectivity index (χ1) is 16.1. The van der Waals surface area contributed by atoms with Gasteiger partial charge in [0.1, 0.15) is 12.1 Å². The van der Waals surface area contributed by atoms with Gasteiger partial charge in [-0.25, -0.2) is 4.79 Å². The number of carbonyl (C=O) groups excluding carboxylic acids is 1. The SMILES string of the molecule is N#CC1C[C@H]2C[C@H]2N1C(=O)[C@@H](N)C12CC3CC(CC(O[C@H]4C[C@@H](O)[C@H](O)[C@@H](C(=O)O)O4)(C3)C1)C2. The van der Waals surface area contributed by atoms with Crippen LogP contribution >= 0.6 is 0 Å². The zero-order valence-electron chi connectivity index (χ0n) is 19.1. The second kappa shape index (κ2) is 7.61. The highest BCUT2D eigenvalue weighted by Gasteiger charge is 2.64. The predicted molar refractivity (Wildman–Crippen MR) is 115 cm³/mol. The highest BCUT2D eigenvalue weighted by atomic mass is 16.7. The number of fused-ring (bicyclic) bond motifs is 1. The van der Waals surface area contributed by atoms with Crippen molar-refractivity contribution in [1.29, 1.82) is 5.26 Å². The Morgan fingerprint density at radius 2 is 1.82 bits per heavy atom. The Bertz CT molecular complexity index is 922. The van der Waals surface area contributed by atoms with E-state index in [1.165, 1.54) is 0 Å². The van der Waals surface area contributed by atoms with Gasteiger partial charge in [0.25, 0.3) is 0 Å². The van der Waals surface area contributed by atoms with Crippen molar-refractivity contribution in [3.05, 3.63) is 0 Å². The third-order valence-corrected chi connectivity index (χ3v) is 9.55. The molecule has 5 aliphatic carbocycles. The van der Waals surface area contributed by atoms with Gasteiger partial charge in [0.15, 0.2) is 12.4 Å². The van der Waals surface area contributed by atoms with Crippen molar-refractivity contribution >= 4 is 11.9 Å². The Hall–Kier alpha value is -1.77. The predicted octanol–water partition coefficient (Wildman–Crippen LogP) is 0.104. The van der Waals surface area contributed by atoms with E-state index < -0.39 is 53.7 Å². The fourth-order valence-corrected chi connectivity index (χ4v) is 8.46. The lowest BCUT2D eigenvalue weighted by molar-refractivity contribution is -0.311. The molecule has 10 atom stereocenters. The van der Waals surface area contributed by atoms with Crippen LogP contribution in [0.1, 0.15) is 57.8 Å². The van der Waals surface area contributed by atoms with E-state index in [4.69, 9.17) is 15.2 Å². The number of carboxylic acid groups (broad SMARTS) is 1. The average Bonchev–Trinajstić information content (AvgIpc) is 3.43. The molecule has 0 aromatic carbocycles. The number of piperidine rings is 1. The topological polar surface area (TPSA) is 166 Å². The molecule has 34 heavy (non-hydrogen) atoms. The van der Waals surface area contributed by atoms with Crippen LogP contribution < -0.4 is 5.73 Å². The molecule has 0 aromatic heterocycles. The molecule has 10 nitrogen and oxygen atoms in total. The number of aliphatic hydroxyl groups is 2. The number of amides is 1. The minimum atomic E-state index is -1.55. The molecule has 5 saturated carbocycles. The van der Waals surface area contributed by atoms with Gasteiger partial charge in [0.05, 0.1) is 23.8 Å². The molecule has 5 N–H and O–H groups in total. The van der Waals surface area contributed by atoms with Gasteiger partial charge in [-0.1, -0.05) is 0 Å². The molecule has 4 bridgehead atoms. The van der Waals surface area contributed by atoms with E-state index in [0.29, 0.717) is 24.2 Å². The Balaban J connectivity index is 1.23. The maximum atomic E-state index is 13.6. The summed E-state index contributed by atoms with van der Waals surface area (Å²) in [7, 11) is 0. The van der Waals surface area contributed by atoms with E-state index in [0.717, 1.165) is 44.9 Å². The molecule has 0 spiro atoms. The van der Waals surface area contributed by atoms with E-state index in [-0.39, 0.29) is 18.4 Å². The van der Waals surface area contributed by atoms with E-state index in [1.54, 1.807) is 4.90 Å². The first-order valence-electron chi connectivity index (χ1n) is 12.5. The summed E-state index contributed by atoms with van der Waals surface area (Å²) >= 11 is 0. The van der Waals surface area contributed by atoms with Crippen LogP contribution in [-0.2, 0) is 19.1 Å². The summed E-state index contributed by atoms with van der Waals surface area (Å²) in [5.41, 5.74) is 5.73. The molecule has 7 fully saturated rings. The maximum absolute atomic E-state index is 13.6. The van der Waals surface area contributed by atoms with Crippen LogP contribution in [0.3, 0.4) is 0 Å². The smallest absolute Gasteiger partial charge is 0.335 e. The largest absolute Gasteiger partial charge is 0.479 e. The van der Waals surface area contributed by atoms with E-state index in [9.17, 15) is 30.2 Å². The van der Waals surface area contributed by atoms with Crippen molar-refractivity contribution in [2.24, 2.45) is 28.9 Å². The Labute approximate surface area is 198 Å². The standard InChI is InChI=1S/C24H33N3O7/c25-9-14-2-13-3-15(13)27(14)21(30)20(26)23-5-11-1-12(6-23)8-24(7-11,10-23)34-17-4-16(28)18(29)19(33-17)22(31)32/h11-20,28-29H,1-8,10,26H2,(H,31,32)/t11?,12?,13-,14?,15+,16+,17-,18-,19-,20+,23?,24?/m0/s1. The molecule has 2 aliphatic heterocycles. The Morgan fingerprint density at radius 1 is 1.12 bits per heavy atom. The average molecular weight is 476 g/mol. The van der Waals surface area contributed by atoms with Crippen molar-refractivity contribution in [1.82, 2.24) is 4.90 Å². The lowest BCUT2D eigenvalue weighted by Gasteiger charge is -2.63. The van der Waals surface area contributed by atoms with Gasteiger partial charge < -0.3 is 35.4 Å². The number of ether oxygens (including phenoxy) is 2. The van der Waals surface area contributed by atoms with Gasteiger partial charge in [-0.3, -0.25) is 4.79 Å². The van der Waals surface area contributed by atoms with E-state index in [2.05, 4.69) is 6.07 Å². The first-order valence-corrected chi connectivity index (χ1v) is 12.5. The number of carbonyl (C=O) groups is 2. The molecule has 7 rings (SSSR count). The molecule has 2 saturated heterocycles. The fraction of sp³-hybridized carbons (Fsp3) is 0.875. The molecular formula is C24H33N3O7. The van der Waals surface area contributed by atoms with Gasteiger partial charge in [0, 0.05) is 12.5 Å². The molecule has 2 heterocycles. The van der Waals surface area contributed by atoms with Gasteiger partial charge in [-0.2, -0.15) is 5.26 Å². The third-order valence-electron chi connectivity index (χ3n) is 9.55. The summed E-state index contributed by atoms with van der Waals surface area (Å²) in [6.07, 6.45) is 1.35. The Kier molecular flexibility index (Phi) is 5.08. The number of likely N-dealkylation sites (tertiary alicyclic amines) is 1.